The molecule has 0 radical (unpaired) electrons. The maximum Gasteiger partial charge on any atom is 0.116 e. The number of ether oxygens (including phenoxy) is 1. The first-order valence-electron chi connectivity index (χ1n) is 3.42. The molecule has 0 spiro atoms. The largest absolute Gasteiger partial charge is 0.365 e. The molecular weight excluding hydrogens is 197 g/mol. The fraction of sp³-hybridized carbons (Fsp3) is 0.250. The van der Waals surface area contributed by atoms with Crippen molar-refractivity contribution >= 4 is 28.9 Å². The smallest absolute Gasteiger partial charge is 0.116 e. The van der Waals surface area contributed by atoms with Crippen LogP contribution in [0.3, 0.4) is 0 Å². The predicted octanol–water partition coefficient (Wildman–Crippen LogP) is 3.01. The van der Waals surface area contributed by atoms with Gasteiger partial charge in [0, 0.05) is 12.8 Å². The average Bonchev–Trinajstić information content (AvgIpc) is 2.07. The van der Waals surface area contributed by atoms with Crippen LogP contribution in [-0.2, 0) is 4.74 Å². The van der Waals surface area contributed by atoms with Crippen LogP contribution in [0.5, 0.6) is 0 Å². The molecule has 0 aliphatic rings. The third-order valence-electron chi connectivity index (χ3n) is 1.34. The van der Waals surface area contributed by atoms with Crippen molar-refractivity contribution in [3.63, 3.8) is 0 Å². The topological polar surface area (TPSA) is 21.3 Å². The quantitative estimate of drug-likeness (QED) is 0.767. The van der Waals surface area contributed by atoms with E-state index in [1.165, 1.54) is 0 Å². The normalized spacial score (nSPS) is 9.92. The van der Waals surface area contributed by atoms with Crippen molar-refractivity contribution in [3.8, 4) is 0 Å². The van der Waals surface area contributed by atoms with Crippen molar-refractivity contribution in [2.45, 2.75) is 0 Å². The highest BCUT2D eigenvalue weighted by molar-refractivity contribution is 6.42. The van der Waals surface area contributed by atoms with Crippen LogP contribution in [0.1, 0.15) is 0 Å². The minimum Gasteiger partial charge on any atom is -0.365 e. The standard InChI is InChI=1S/C8H9Cl2NO/c1-12-5-11-6-2-3-7(9)8(10)4-6/h2-4,11H,5H2,1H3. The summed E-state index contributed by atoms with van der Waals surface area (Å²) in [6, 6.07) is 5.33. The summed E-state index contributed by atoms with van der Waals surface area (Å²) in [5, 5.41) is 4.09. The summed E-state index contributed by atoms with van der Waals surface area (Å²) in [5.74, 6) is 0. The minimum atomic E-state index is 0.456. The van der Waals surface area contributed by atoms with Crippen LogP contribution in [0, 0.1) is 0 Å². The third-order valence-corrected chi connectivity index (χ3v) is 2.08. The lowest BCUT2D eigenvalue weighted by Gasteiger charge is -2.05. The molecule has 12 heavy (non-hydrogen) atoms. The summed E-state index contributed by atoms with van der Waals surface area (Å²) in [6.07, 6.45) is 0. The van der Waals surface area contributed by atoms with Crippen molar-refractivity contribution in [1.29, 1.82) is 0 Å². The second-order valence-corrected chi connectivity index (χ2v) is 3.05. The van der Waals surface area contributed by atoms with Gasteiger partial charge in [-0.2, -0.15) is 0 Å². The number of hydrogen-bond acceptors (Lipinski definition) is 2. The molecule has 0 unspecified atom stereocenters. The zero-order valence-electron chi connectivity index (χ0n) is 6.60. The highest BCUT2D eigenvalue weighted by atomic mass is 35.5. The van der Waals surface area contributed by atoms with Crippen molar-refractivity contribution in [2.75, 3.05) is 19.2 Å². The Labute approximate surface area is 81.4 Å². The zero-order chi connectivity index (χ0) is 8.97. The number of hydrogen-bond donors (Lipinski definition) is 1. The number of anilines is 1. The molecule has 0 heterocycles. The molecule has 0 saturated heterocycles. The van der Waals surface area contributed by atoms with Crippen molar-refractivity contribution < 1.29 is 4.74 Å². The predicted molar refractivity (Wildman–Crippen MR) is 52.0 cm³/mol. The lowest BCUT2D eigenvalue weighted by molar-refractivity contribution is 0.221. The molecular formula is C8H9Cl2NO. The van der Waals surface area contributed by atoms with E-state index in [9.17, 15) is 0 Å². The molecule has 4 heteroatoms. The molecule has 1 aromatic rings. The van der Waals surface area contributed by atoms with Gasteiger partial charge in [-0.3, -0.25) is 0 Å². The molecule has 0 fully saturated rings. The number of rotatable bonds is 3. The summed E-state index contributed by atoms with van der Waals surface area (Å²) >= 11 is 11.5. The van der Waals surface area contributed by atoms with Crippen molar-refractivity contribution in [1.82, 2.24) is 0 Å². The van der Waals surface area contributed by atoms with Crippen LogP contribution in [0.4, 0.5) is 5.69 Å². The van der Waals surface area contributed by atoms with Gasteiger partial charge in [-0.1, -0.05) is 23.2 Å². The van der Waals surface area contributed by atoms with E-state index < -0.39 is 0 Å². The Morgan fingerprint density at radius 1 is 1.33 bits per heavy atom. The Kier molecular flexibility index (Phi) is 3.66. The second-order valence-electron chi connectivity index (χ2n) is 2.24. The van der Waals surface area contributed by atoms with Crippen LogP contribution >= 0.6 is 23.2 Å². The van der Waals surface area contributed by atoms with Gasteiger partial charge < -0.3 is 10.1 Å². The van der Waals surface area contributed by atoms with E-state index in [0.29, 0.717) is 16.8 Å². The maximum atomic E-state index is 5.78. The Balaban J connectivity index is 2.69. The van der Waals surface area contributed by atoms with Crippen LogP contribution in [0.15, 0.2) is 18.2 Å². The van der Waals surface area contributed by atoms with E-state index in [-0.39, 0.29) is 0 Å². The van der Waals surface area contributed by atoms with E-state index in [0.717, 1.165) is 5.69 Å². The number of benzene rings is 1. The lowest BCUT2D eigenvalue weighted by Crippen LogP contribution is -2.02. The number of nitrogens with one attached hydrogen (secondary N) is 1. The van der Waals surface area contributed by atoms with E-state index >= 15 is 0 Å². The van der Waals surface area contributed by atoms with E-state index in [2.05, 4.69) is 5.32 Å². The molecule has 0 amide bonds. The summed E-state index contributed by atoms with van der Waals surface area (Å²) in [4.78, 5) is 0. The molecule has 1 N–H and O–H groups in total. The van der Waals surface area contributed by atoms with Gasteiger partial charge in [0.2, 0.25) is 0 Å². The Morgan fingerprint density at radius 2 is 2.08 bits per heavy atom. The van der Waals surface area contributed by atoms with Gasteiger partial charge in [0.15, 0.2) is 0 Å². The van der Waals surface area contributed by atoms with Gasteiger partial charge in [0.05, 0.1) is 10.0 Å². The highest BCUT2D eigenvalue weighted by Crippen LogP contribution is 2.24. The first kappa shape index (κ1) is 9.65. The monoisotopic (exact) mass is 205 g/mol. The number of halogens is 2. The summed E-state index contributed by atoms with van der Waals surface area (Å²) in [7, 11) is 1.62. The van der Waals surface area contributed by atoms with Crippen molar-refractivity contribution in [3.05, 3.63) is 28.2 Å². The summed E-state index contributed by atoms with van der Waals surface area (Å²) in [5.41, 5.74) is 0.895. The molecule has 1 aromatic carbocycles. The van der Waals surface area contributed by atoms with Gasteiger partial charge >= 0.3 is 0 Å². The SMILES string of the molecule is COCNc1ccc(Cl)c(Cl)c1. The molecule has 66 valence electrons. The van der Waals surface area contributed by atoms with Crippen LogP contribution < -0.4 is 5.32 Å². The molecule has 0 aromatic heterocycles. The third kappa shape index (κ3) is 2.55. The Morgan fingerprint density at radius 3 is 2.67 bits per heavy atom. The molecule has 0 aliphatic carbocycles. The minimum absolute atomic E-state index is 0.456. The highest BCUT2D eigenvalue weighted by Gasteiger charge is 1.97. The molecule has 0 saturated carbocycles. The fourth-order valence-electron chi connectivity index (χ4n) is 0.762. The van der Waals surface area contributed by atoms with Crippen LogP contribution in [-0.4, -0.2) is 13.8 Å². The number of methoxy groups -OCH3 is 1. The van der Waals surface area contributed by atoms with Gasteiger partial charge in [-0.15, -0.1) is 0 Å². The van der Waals surface area contributed by atoms with Gasteiger partial charge in [-0.05, 0) is 18.2 Å². The van der Waals surface area contributed by atoms with E-state index in [1.807, 2.05) is 6.07 Å². The van der Waals surface area contributed by atoms with Gasteiger partial charge in [-0.25, -0.2) is 0 Å². The lowest BCUT2D eigenvalue weighted by atomic mass is 10.3. The zero-order valence-corrected chi connectivity index (χ0v) is 8.12. The van der Waals surface area contributed by atoms with Gasteiger partial charge in [0.25, 0.3) is 0 Å². The molecule has 2 nitrogen and oxygen atoms in total. The summed E-state index contributed by atoms with van der Waals surface area (Å²) < 4.78 is 4.83. The molecule has 0 bridgehead atoms. The Bertz CT molecular complexity index is 265. The van der Waals surface area contributed by atoms with Crippen LogP contribution in [0.2, 0.25) is 10.0 Å². The molecule has 0 aliphatic heterocycles. The Hall–Kier alpha value is -0.440. The maximum absolute atomic E-state index is 5.78. The van der Waals surface area contributed by atoms with E-state index in [4.69, 9.17) is 27.9 Å². The van der Waals surface area contributed by atoms with Crippen molar-refractivity contribution in [2.24, 2.45) is 0 Å². The second kappa shape index (κ2) is 4.55. The fourth-order valence-corrected chi connectivity index (χ4v) is 1.06. The first-order valence-corrected chi connectivity index (χ1v) is 4.17. The van der Waals surface area contributed by atoms with Crippen LogP contribution in [0.25, 0.3) is 0 Å². The van der Waals surface area contributed by atoms with E-state index in [1.54, 1.807) is 19.2 Å². The molecule has 0 atom stereocenters. The average molecular weight is 206 g/mol. The van der Waals surface area contributed by atoms with Gasteiger partial charge in [0.1, 0.15) is 6.73 Å². The first-order chi connectivity index (χ1) is 5.74. The summed E-state index contributed by atoms with van der Waals surface area (Å²) in [6.45, 7) is 0.456. The molecule has 1 rings (SSSR count).